The minimum Gasteiger partial charge on any atom is -0.395 e. The standard InChI is InChI=1S/C10H11NO3S/c12-5-6-15(13,14)10-7-11-9-4-2-1-3-8(9)10/h1-4,7,11-12H,5-6H2. The molecule has 0 aliphatic heterocycles. The first-order valence-electron chi connectivity index (χ1n) is 4.55. The van der Waals surface area contributed by atoms with Gasteiger partial charge in [0.25, 0.3) is 0 Å². The summed E-state index contributed by atoms with van der Waals surface area (Å²) >= 11 is 0. The van der Waals surface area contributed by atoms with Crippen LogP contribution in [-0.2, 0) is 9.84 Å². The zero-order valence-corrected chi connectivity index (χ0v) is 8.79. The zero-order chi connectivity index (χ0) is 10.9. The van der Waals surface area contributed by atoms with Crippen molar-refractivity contribution in [2.75, 3.05) is 12.4 Å². The monoisotopic (exact) mass is 225 g/mol. The Kier molecular flexibility index (Phi) is 2.50. The van der Waals surface area contributed by atoms with Crippen molar-refractivity contribution in [3.05, 3.63) is 30.5 Å². The number of sulfone groups is 1. The topological polar surface area (TPSA) is 70.2 Å². The third kappa shape index (κ3) is 1.75. The van der Waals surface area contributed by atoms with Gasteiger partial charge in [0.05, 0.1) is 17.3 Å². The number of aliphatic hydroxyl groups is 1. The Morgan fingerprint density at radius 1 is 1.27 bits per heavy atom. The molecule has 0 aliphatic rings. The van der Waals surface area contributed by atoms with Crippen LogP contribution in [0.3, 0.4) is 0 Å². The summed E-state index contributed by atoms with van der Waals surface area (Å²) in [6.45, 7) is -0.359. The second-order valence-electron chi connectivity index (χ2n) is 3.24. The summed E-state index contributed by atoms with van der Waals surface area (Å²) < 4.78 is 23.5. The molecule has 1 heterocycles. The molecule has 0 fully saturated rings. The third-order valence-corrected chi connectivity index (χ3v) is 3.97. The van der Waals surface area contributed by atoms with Gasteiger partial charge in [-0.3, -0.25) is 0 Å². The molecule has 4 nitrogen and oxygen atoms in total. The van der Waals surface area contributed by atoms with E-state index in [1.54, 1.807) is 12.1 Å². The summed E-state index contributed by atoms with van der Waals surface area (Å²) in [6, 6.07) is 7.18. The molecule has 0 unspecified atom stereocenters. The van der Waals surface area contributed by atoms with Crippen molar-refractivity contribution >= 4 is 20.7 Å². The largest absolute Gasteiger partial charge is 0.395 e. The SMILES string of the molecule is O=S(=O)(CCO)c1c[nH]c2ccccc12. The van der Waals surface area contributed by atoms with Gasteiger partial charge in [0.15, 0.2) is 9.84 Å². The predicted octanol–water partition coefficient (Wildman–Crippen LogP) is 0.934. The Bertz CT molecular complexity index is 571. The van der Waals surface area contributed by atoms with Gasteiger partial charge >= 0.3 is 0 Å². The first-order valence-corrected chi connectivity index (χ1v) is 6.20. The van der Waals surface area contributed by atoms with Crippen molar-refractivity contribution in [3.8, 4) is 0 Å². The second kappa shape index (κ2) is 3.67. The maximum absolute atomic E-state index is 11.7. The predicted molar refractivity (Wildman–Crippen MR) is 57.4 cm³/mol. The summed E-state index contributed by atoms with van der Waals surface area (Å²) in [5, 5.41) is 9.36. The van der Waals surface area contributed by atoms with Gasteiger partial charge in [-0.2, -0.15) is 0 Å². The van der Waals surface area contributed by atoms with E-state index in [0.29, 0.717) is 5.39 Å². The van der Waals surface area contributed by atoms with E-state index in [0.717, 1.165) is 5.52 Å². The number of benzene rings is 1. The highest BCUT2D eigenvalue weighted by atomic mass is 32.2. The second-order valence-corrected chi connectivity index (χ2v) is 5.32. The Labute approximate surface area is 87.5 Å². The van der Waals surface area contributed by atoms with Gasteiger partial charge in [0.1, 0.15) is 0 Å². The highest BCUT2D eigenvalue weighted by Gasteiger charge is 2.17. The highest BCUT2D eigenvalue weighted by molar-refractivity contribution is 7.91. The molecule has 0 bridgehead atoms. The van der Waals surface area contributed by atoms with Crippen molar-refractivity contribution in [2.45, 2.75) is 4.90 Å². The van der Waals surface area contributed by atoms with E-state index in [2.05, 4.69) is 4.98 Å². The molecule has 1 aromatic heterocycles. The number of hydrogen-bond donors (Lipinski definition) is 2. The van der Waals surface area contributed by atoms with E-state index in [4.69, 9.17) is 5.11 Å². The average Bonchev–Trinajstić information content (AvgIpc) is 2.61. The Morgan fingerprint density at radius 2 is 2.00 bits per heavy atom. The van der Waals surface area contributed by atoms with Crippen LogP contribution in [-0.4, -0.2) is 30.9 Å². The summed E-state index contributed by atoms with van der Waals surface area (Å²) in [5.41, 5.74) is 0.786. The summed E-state index contributed by atoms with van der Waals surface area (Å²) in [4.78, 5) is 3.15. The number of aromatic nitrogens is 1. The summed E-state index contributed by atoms with van der Waals surface area (Å²) in [6.07, 6.45) is 1.47. The lowest BCUT2D eigenvalue weighted by molar-refractivity contribution is 0.319. The normalized spacial score (nSPS) is 12.1. The first kappa shape index (κ1) is 10.2. The molecular weight excluding hydrogens is 214 g/mol. The van der Waals surface area contributed by atoms with Crippen LogP contribution in [0.2, 0.25) is 0 Å². The van der Waals surface area contributed by atoms with Gasteiger partial charge in [-0.25, -0.2) is 8.42 Å². The lowest BCUT2D eigenvalue weighted by Crippen LogP contribution is -2.09. The molecule has 0 atom stereocenters. The van der Waals surface area contributed by atoms with Crippen LogP contribution in [0.1, 0.15) is 0 Å². The molecule has 0 amide bonds. The fraction of sp³-hybridized carbons (Fsp3) is 0.200. The number of fused-ring (bicyclic) bond motifs is 1. The van der Waals surface area contributed by atoms with Crippen LogP contribution in [0.5, 0.6) is 0 Å². The van der Waals surface area contributed by atoms with Crippen molar-refractivity contribution in [1.29, 1.82) is 0 Å². The van der Waals surface area contributed by atoms with Crippen LogP contribution in [0.4, 0.5) is 0 Å². The highest BCUT2D eigenvalue weighted by Crippen LogP contribution is 2.22. The number of para-hydroxylation sites is 1. The van der Waals surface area contributed by atoms with Crippen LogP contribution < -0.4 is 0 Å². The lowest BCUT2D eigenvalue weighted by atomic mass is 10.2. The van der Waals surface area contributed by atoms with E-state index in [9.17, 15) is 8.42 Å². The maximum atomic E-state index is 11.7. The number of aromatic amines is 1. The Morgan fingerprint density at radius 3 is 2.73 bits per heavy atom. The van der Waals surface area contributed by atoms with Crippen LogP contribution in [0, 0.1) is 0 Å². The molecule has 0 saturated heterocycles. The smallest absolute Gasteiger partial charge is 0.182 e. The van der Waals surface area contributed by atoms with Gasteiger partial charge in [-0.05, 0) is 6.07 Å². The van der Waals surface area contributed by atoms with Crippen LogP contribution in [0.25, 0.3) is 10.9 Å². The number of nitrogens with one attached hydrogen (secondary N) is 1. The van der Waals surface area contributed by atoms with Gasteiger partial charge in [0, 0.05) is 17.1 Å². The minimum atomic E-state index is -3.37. The van der Waals surface area contributed by atoms with Crippen molar-refractivity contribution in [2.24, 2.45) is 0 Å². The number of rotatable bonds is 3. The quantitative estimate of drug-likeness (QED) is 0.816. The summed E-state index contributed by atoms with van der Waals surface area (Å²) in [5.74, 6) is -0.241. The van der Waals surface area contributed by atoms with Crippen LogP contribution >= 0.6 is 0 Å². The van der Waals surface area contributed by atoms with E-state index < -0.39 is 9.84 Å². The average molecular weight is 225 g/mol. The molecule has 0 spiro atoms. The fourth-order valence-electron chi connectivity index (χ4n) is 1.53. The Hall–Kier alpha value is -1.33. The number of aliphatic hydroxyl groups excluding tert-OH is 1. The van der Waals surface area contributed by atoms with Gasteiger partial charge in [-0.1, -0.05) is 18.2 Å². The molecule has 2 N–H and O–H groups in total. The molecule has 2 aromatic rings. The molecule has 0 saturated carbocycles. The Balaban J connectivity index is 2.63. The van der Waals surface area contributed by atoms with Gasteiger partial charge < -0.3 is 10.1 Å². The van der Waals surface area contributed by atoms with E-state index >= 15 is 0 Å². The molecule has 2 rings (SSSR count). The first-order chi connectivity index (χ1) is 7.15. The number of hydrogen-bond acceptors (Lipinski definition) is 3. The van der Waals surface area contributed by atoms with Gasteiger partial charge in [0.2, 0.25) is 0 Å². The van der Waals surface area contributed by atoms with Crippen molar-refractivity contribution < 1.29 is 13.5 Å². The van der Waals surface area contributed by atoms with Crippen LogP contribution in [0.15, 0.2) is 35.4 Å². The van der Waals surface area contributed by atoms with E-state index in [1.165, 1.54) is 6.20 Å². The van der Waals surface area contributed by atoms with Crippen molar-refractivity contribution in [3.63, 3.8) is 0 Å². The molecule has 0 aliphatic carbocycles. The van der Waals surface area contributed by atoms with E-state index in [1.807, 2.05) is 12.1 Å². The number of H-pyrrole nitrogens is 1. The minimum absolute atomic E-state index is 0.241. The maximum Gasteiger partial charge on any atom is 0.182 e. The van der Waals surface area contributed by atoms with E-state index in [-0.39, 0.29) is 17.3 Å². The van der Waals surface area contributed by atoms with Crippen molar-refractivity contribution in [1.82, 2.24) is 4.98 Å². The van der Waals surface area contributed by atoms with Gasteiger partial charge in [-0.15, -0.1) is 0 Å². The zero-order valence-electron chi connectivity index (χ0n) is 7.97. The molecule has 0 radical (unpaired) electrons. The molecular formula is C10H11NO3S. The molecule has 80 valence electrons. The summed E-state index contributed by atoms with van der Waals surface area (Å²) in [7, 11) is -3.37. The lowest BCUT2D eigenvalue weighted by Gasteiger charge is -1.99. The third-order valence-electron chi connectivity index (χ3n) is 2.25. The molecule has 1 aromatic carbocycles. The molecule has 15 heavy (non-hydrogen) atoms. The molecule has 5 heteroatoms. The fourth-order valence-corrected chi connectivity index (χ4v) is 2.74.